The maximum absolute atomic E-state index is 11.7. The average Bonchev–Trinajstić information content (AvgIpc) is 3.16. The number of furan rings is 1. The summed E-state index contributed by atoms with van der Waals surface area (Å²) >= 11 is 0.856. The van der Waals surface area contributed by atoms with Gasteiger partial charge in [-0.25, -0.2) is 0 Å². The summed E-state index contributed by atoms with van der Waals surface area (Å²) in [7, 11) is 0. The van der Waals surface area contributed by atoms with E-state index in [1.54, 1.807) is 24.5 Å². The maximum Gasteiger partial charge on any atom is 0.290 e. The Morgan fingerprint density at radius 2 is 2.07 bits per heavy atom. The number of carbonyl (C=O) groups is 2. The highest BCUT2D eigenvalue weighted by atomic mass is 32.2. The number of rotatable bonds is 4. The lowest BCUT2D eigenvalue weighted by molar-refractivity contribution is -0.115. The molecular formula is C20H16N2O4S. The molecule has 7 heteroatoms. The number of fused-ring (bicyclic) bond motifs is 1. The molecule has 0 aliphatic carbocycles. The van der Waals surface area contributed by atoms with Crippen molar-refractivity contribution >= 4 is 40.0 Å². The van der Waals surface area contributed by atoms with E-state index in [1.807, 2.05) is 38.1 Å². The molecule has 0 unspecified atom stereocenters. The fourth-order valence-corrected chi connectivity index (χ4v) is 3.48. The SMILES string of the molecule is CC(C)Oc1cccc(-c2cncc3cc(/C=C4/SC(=O)NC4=O)oc23)c1. The number of pyridine rings is 1. The molecule has 0 spiro atoms. The predicted molar refractivity (Wildman–Crippen MR) is 104 cm³/mol. The molecule has 1 fully saturated rings. The van der Waals surface area contributed by atoms with Crippen molar-refractivity contribution in [1.82, 2.24) is 10.3 Å². The van der Waals surface area contributed by atoms with Gasteiger partial charge < -0.3 is 9.15 Å². The first-order valence-electron chi connectivity index (χ1n) is 8.39. The van der Waals surface area contributed by atoms with E-state index in [-0.39, 0.29) is 11.3 Å². The van der Waals surface area contributed by atoms with E-state index in [4.69, 9.17) is 9.15 Å². The summed E-state index contributed by atoms with van der Waals surface area (Å²) in [6.45, 7) is 3.95. The minimum atomic E-state index is -0.415. The third-order valence-corrected chi connectivity index (χ3v) is 4.68. The van der Waals surface area contributed by atoms with Crippen LogP contribution >= 0.6 is 11.8 Å². The molecule has 1 N–H and O–H groups in total. The van der Waals surface area contributed by atoms with E-state index in [9.17, 15) is 9.59 Å². The van der Waals surface area contributed by atoms with Crippen molar-refractivity contribution in [3.8, 4) is 16.9 Å². The second-order valence-electron chi connectivity index (χ2n) is 6.30. The van der Waals surface area contributed by atoms with Crippen LogP contribution in [0.1, 0.15) is 19.6 Å². The number of benzene rings is 1. The number of carbonyl (C=O) groups excluding carboxylic acids is 2. The number of amides is 2. The molecule has 4 rings (SSSR count). The van der Waals surface area contributed by atoms with Crippen molar-refractivity contribution in [3.63, 3.8) is 0 Å². The van der Waals surface area contributed by atoms with E-state index in [0.29, 0.717) is 16.2 Å². The van der Waals surface area contributed by atoms with Crippen LogP contribution in [0, 0.1) is 0 Å². The van der Waals surface area contributed by atoms with Crippen LogP contribution in [0.4, 0.5) is 4.79 Å². The molecule has 0 radical (unpaired) electrons. The third kappa shape index (κ3) is 3.59. The molecule has 2 amide bonds. The number of nitrogens with zero attached hydrogens (tertiary/aromatic N) is 1. The van der Waals surface area contributed by atoms with Gasteiger partial charge in [0.25, 0.3) is 11.1 Å². The summed E-state index contributed by atoms with van der Waals surface area (Å²) in [6, 6.07) is 9.52. The molecule has 27 heavy (non-hydrogen) atoms. The van der Waals surface area contributed by atoms with Gasteiger partial charge >= 0.3 is 0 Å². The second-order valence-corrected chi connectivity index (χ2v) is 7.32. The van der Waals surface area contributed by atoms with E-state index < -0.39 is 5.91 Å². The number of hydrogen-bond donors (Lipinski definition) is 1. The number of thioether (sulfide) groups is 1. The van der Waals surface area contributed by atoms with Crippen molar-refractivity contribution in [2.24, 2.45) is 0 Å². The van der Waals surface area contributed by atoms with E-state index in [0.717, 1.165) is 34.0 Å². The van der Waals surface area contributed by atoms with Gasteiger partial charge in [-0.15, -0.1) is 0 Å². The van der Waals surface area contributed by atoms with Crippen LogP contribution in [-0.4, -0.2) is 22.2 Å². The summed E-state index contributed by atoms with van der Waals surface area (Å²) in [4.78, 5) is 27.6. The van der Waals surface area contributed by atoms with Crippen LogP contribution in [0.15, 0.2) is 52.0 Å². The van der Waals surface area contributed by atoms with Gasteiger partial charge in [-0.1, -0.05) is 12.1 Å². The summed E-state index contributed by atoms with van der Waals surface area (Å²) in [5.41, 5.74) is 2.40. The lowest BCUT2D eigenvalue weighted by atomic mass is 10.1. The minimum Gasteiger partial charge on any atom is -0.491 e. The Kier molecular flexibility index (Phi) is 4.45. The lowest BCUT2D eigenvalue weighted by Crippen LogP contribution is -2.17. The number of hydrogen-bond acceptors (Lipinski definition) is 6. The lowest BCUT2D eigenvalue weighted by Gasteiger charge is -2.11. The Morgan fingerprint density at radius 3 is 2.81 bits per heavy atom. The first-order chi connectivity index (χ1) is 13.0. The van der Waals surface area contributed by atoms with Crippen molar-refractivity contribution in [3.05, 3.63) is 53.4 Å². The topological polar surface area (TPSA) is 81.4 Å². The molecule has 1 saturated heterocycles. The molecule has 0 bridgehead atoms. The fraction of sp³-hybridized carbons (Fsp3) is 0.150. The number of nitrogens with one attached hydrogen (secondary N) is 1. The van der Waals surface area contributed by atoms with Crippen LogP contribution in [0.25, 0.3) is 28.2 Å². The molecule has 1 aliphatic heterocycles. The van der Waals surface area contributed by atoms with Crippen LogP contribution < -0.4 is 10.1 Å². The molecular weight excluding hydrogens is 364 g/mol. The molecule has 2 aromatic heterocycles. The van der Waals surface area contributed by atoms with Crippen LogP contribution in [0.3, 0.4) is 0 Å². The molecule has 1 aromatic carbocycles. The van der Waals surface area contributed by atoms with E-state index in [1.165, 1.54) is 0 Å². The second kappa shape index (κ2) is 6.92. The largest absolute Gasteiger partial charge is 0.491 e. The highest BCUT2D eigenvalue weighted by molar-refractivity contribution is 8.18. The number of ether oxygens (including phenoxy) is 1. The van der Waals surface area contributed by atoms with Crippen molar-refractivity contribution in [2.45, 2.75) is 20.0 Å². The Bertz CT molecular complexity index is 1080. The Labute approximate surface area is 159 Å². The zero-order chi connectivity index (χ0) is 19.0. The standard InChI is InChI=1S/C20H16N2O4S/c1-11(2)25-14-5-3-4-12(6-14)16-10-21-9-13-7-15(26-18(13)16)8-17-19(23)22-20(24)27-17/h3-11H,1-2H3,(H,22,23,24)/b17-8+. The number of aromatic nitrogens is 1. The smallest absolute Gasteiger partial charge is 0.290 e. The maximum atomic E-state index is 11.7. The summed E-state index contributed by atoms with van der Waals surface area (Å²) in [5, 5.41) is 2.66. The van der Waals surface area contributed by atoms with Crippen LogP contribution in [0.2, 0.25) is 0 Å². The van der Waals surface area contributed by atoms with Gasteiger partial charge in [0.2, 0.25) is 0 Å². The van der Waals surface area contributed by atoms with Crippen LogP contribution in [-0.2, 0) is 4.79 Å². The van der Waals surface area contributed by atoms with Gasteiger partial charge in [0.1, 0.15) is 17.1 Å². The fourth-order valence-electron chi connectivity index (χ4n) is 2.82. The van der Waals surface area contributed by atoms with Crippen molar-refractivity contribution in [2.75, 3.05) is 0 Å². The minimum absolute atomic E-state index is 0.0776. The molecule has 3 aromatic rings. The van der Waals surface area contributed by atoms with Crippen LogP contribution in [0.5, 0.6) is 5.75 Å². The molecule has 6 nitrogen and oxygen atoms in total. The first kappa shape index (κ1) is 17.4. The summed E-state index contributed by atoms with van der Waals surface area (Å²) in [6.07, 6.45) is 5.07. The zero-order valence-electron chi connectivity index (χ0n) is 14.7. The average molecular weight is 380 g/mol. The highest BCUT2D eigenvalue weighted by Gasteiger charge is 2.25. The van der Waals surface area contributed by atoms with Gasteiger partial charge in [-0.2, -0.15) is 0 Å². The molecule has 0 saturated carbocycles. The normalized spacial score (nSPS) is 15.7. The number of imide groups is 1. The molecule has 1 aliphatic rings. The Balaban J connectivity index is 1.75. The summed E-state index contributed by atoms with van der Waals surface area (Å²) in [5.74, 6) is 0.842. The van der Waals surface area contributed by atoms with Crippen molar-refractivity contribution in [1.29, 1.82) is 0 Å². The zero-order valence-corrected chi connectivity index (χ0v) is 15.5. The Morgan fingerprint density at radius 1 is 1.22 bits per heavy atom. The van der Waals surface area contributed by atoms with Crippen molar-refractivity contribution < 1.29 is 18.7 Å². The third-order valence-electron chi connectivity index (χ3n) is 3.87. The highest BCUT2D eigenvalue weighted by Crippen LogP contribution is 2.34. The Hall–Kier alpha value is -3.06. The quantitative estimate of drug-likeness (QED) is 0.666. The van der Waals surface area contributed by atoms with E-state index in [2.05, 4.69) is 10.3 Å². The van der Waals surface area contributed by atoms with Gasteiger partial charge in [0.15, 0.2) is 0 Å². The van der Waals surface area contributed by atoms with Gasteiger partial charge in [-0.3, -0.25) is 19.9 Å². The summed E-state index contributed by atoms with van der Waals surface area (Å²) < 4.78 is 11.7. The molecule has 0 atom stereocenters. The molecule has 3 heterocycles. The van der Waals surface area contributed by atoms with Gasteiger partial charge in [-0.05, 0) is 49.4 Å². The monoisotopic (exact) mass is 380 g/mol. The van der Waals surface area contributed by atoms with Gasteiger partial charge in [0.05, 0.1) is 11.0 Å². The van der Waals surface area contributed by atoms with Gasteiger partial charge in [0, 0.05) is 29.4 Å². The first-order valence-corrected chi connectivity index (χ1v) is 9.21. The predicted octanol–water partition coefficient (Wildman–Crippen LogP) is 4.61. The van der Waals surface area contributed by atoms with E-state index >= 15 is 0 Å². The molecule has 136 valence electrons.